The number of anilines is 1. The summed E-state index contributed by atoms with van der Waals surface area (Å²) >= 11 is 1.37. The molecule has 0 aromatic carbocycles. The fourth-order valence-electron chi connectivity index (χ4n) is 1.74. The maximum Gasteiger partial charge on any atom is 0.348 e. The van der Waals surface area contributed by atoms with Gasteiger partial charge >= 0.3 is 5.97 Å². The first-order chi connectivity index (χ1) is 8.78. The summed E-state index contributed by atoms with van der Waals surface area (Å²) in [5.74, 6) is 1.26. The Kier molecular flexibility index (Phi) is 2.87. The first kappa shape index (κ1) is 11.4. The number of carbonyl (C=O) groups excluding carboxylic acids is 1. The molecule has 0 unspecified atom stereocenters. The van der Waals surface area contributed by atoms with Gasteiger partial charge in [-0.1, -0.05) is 0 Å². The molecule has 1 aliphatic rings. The molecule has 1 aliphatic carbocycles. The molecule has 2 heterocycles. The molecule has 0 saturated heterocycles. The van der Waals surface area contributed by atoms with E-state index in [1.807, 2.05) is 0 Å². The van der Waals surface area contributed by atoms with Crippen molar-refractivity contribution in [1.82, 2.24) is 9.97 Å². The summed E-state index contributed by atoms with van der Waals surface area (Å²) in [5.41, 5.74) is 0.786. The van der Waals surface area contributed by atoms with E-state index in [2.05, 4.69) is 15.3 Å². The molecule has 6 heteroatoms. The third kappa shape index (κ3) is 2.15. The lowest BCUT2D eigenvalue weighted by Gasteiger charge is -2.03. The topological polar surface area (TPSA) is 64.1 Å². The number of rotatable bonds is 4. The highest BCUT2D eigenvalue weighted by Gasteiger charge is 2.21. The van der Waals surface area contributed by atoms with Crippen molar-refractivity contribution in [2.24, 2.45) is 5.92 Å². The van der Waals surface area contributed by atoms with Crippen LogP contribution in [-0.2, 0) is 4.74 Å². The number of nitrogens with zero attached hydrogens (tertiary/aromatic N) is 2. The minimum Gasteiger partial charge on any atom is -0.465 e. The van der Waals surface area contributed by atoms with Crippen molar-refractivity contribution < 1.29 is 9.53 Å². The molecule has 0 spiro atoms. The van der Waals surface area contributed by atoms with Crippen LogP contribution in [-0.4, -0.2) is 29.6 Å². The summed E-state index contributed by atoms with van der Waals surface area (Å²) in [4.78, 5) is 20.5. The molecular weight excluding hydrogens is 250 g/mol. The summed E-state index contributed by atoms with van der Waals surface area (Å²) in [5, 5.41) is 3.33. The van der Waals surface area contributed by atoms with Gasteiger partial charge in [0.2, 0.25) is 0 Å². The number of methoxy groups -OCH3 is 1. The largest absolute Gasteiger partial charge is 0.465 e. The molecule has 2 aromatic heterocycles. The highest BCUT2D eigenvalue weighted by Crippen LogP contribution is 2.32. The number of hydrogen-bond donors (Lipinski definition) is 1. The van der Waals surface area contributed by atoms with Crippen molar-refractivity contribution in [2.75, 3.05) is 19.0 Å². The first-order valence-electron chi connectivity index (χ1n) is 5.84. The standard InChI is InChI=1S/C12H13N3O2S/c1-17-12(16)9-4-8-10(18-9)11(15-6-14-8)13-5-7-2-3-7/h4,6-7H,2-3,5H2,1H3,(H,13,14,15). The number of fused-ring (bicyclic) bond motifs is 1. The Labute approximate surface area is 108 Å². The zero-order valence-electron chi connectivity index (χ0n) is 9.97. The van der Waals surface area contributed by atoms with E-state index in [1.54, 1.807) is 6.07 Å². The van der Waals surface area contributed by atoms with Gasteiger partial charge in [0, 0.05) is 6.54 Å². The van der Waals surface area contributed by atoms with Gasteiger partial charge < -0.3 is 10.1 Å². The second kappa shape index (κ2) is 4.53. The Balaban J connectivity index is 1.92. The van der Waals surface area contributed by atoms with Crippen molar-refractivity contribution in [1.29, 1.82) is 0 Å². The van der Waals surface area contributed by atoms with Crippen molar-refractivity contribution in [3.63, 3.8) is 0 Å². The van der Waals surface area contributed by atoms with Crippen LogP contribution in [0, 0.1) is 5.92 Å². The van der Waals surface area contributed by atoms with Gasteiger partial charge in [-0.2, -0.15) is 0 Å². The Morgan fingerprint density at radius 1 is 1.56 bits per heavy atom. The number of ether oxygens (including phenoxy) is 1. The predicted molar refractivity (Wildman–Crippen MR) is 70.0 cm³/mol. The monoisotopic (exact) mass is 263 g/mol. The number of nitrogens with one attached hydrogen (secondary N) is 1. The van der Waals surface area contributed by atoms with Crippen LogP contribution in [0.15, 0.2) is 12.4 Å². The normalized spacial score (nSPS) is 14.7. The van der Waals surface area contributed by atoms with Crippen LogP contribution in [0.2, 0.25) is 0 Å². The number of hydrogen-bond acceptors (Lipinski definition) is 6. The van der Waals surface area contributed by atoms with Gasteiger partial charge in [-0.15, -0.1) is 11.3 Å². The quantitative estimate of drug-likeness (QED) is 0.857. The average molecular weight is 263 g/mol. The van der Waals surface area contributed by atoms with Gasteiger partial charge in [-0.25, -0.2) is 14.8 Å². The predicted octanol–water partition coefficient (Wildman–Crippen LogP) is 2.30. The van der Waals surface area contributed by atoms with E-state index in [4.69, 9.17) is 4.74 Å². The van der Waals surface area contributed by atoms with E-state index in [-0.39, 0.29) is 5.97 Å². The molecule has 0 atom stereocenters. The van der Waals surface area contributed by atoms with Crippen LogP contribution in [0.3, 0.4) is 0 Å². The van der Waals surface area contributed by atoms with Gasteiger partial charge in [0.05, 0.1) is 17.3 Å². The molecular formula is C12H13N3O2S. The lowest BCUT2D eigenvalue weighted by Crippen LogP contribution is -2.04. The minimum absolute atomic E-state index is 0.328. The molecule has 0 bridgehead atoms. The van der Waals surface area contributed by atoms with E-state index >= 15 is 0 Å². The number of aromatic nitrogens is 2. The number of thiophene rings is 1. The van der Waals surface area contributed by atoms with Crippen LogP contribution in [0.1, 0.15) is 22.5 Å². The van der Waals surface area contributed by atoms with E-state index < -0.39 is 0 Å². The van der Waals surface area contributed by atoms with Crippen LogP contribution in [0.4, 0.5) is 5.82 Å². The Morgan fingerprint density at radius 3 is 3.11 bits per heavy atom. The third-order valence-corrected chi connectivity index (χ3v) is 4.06. The van der Waals surface area contributed by atoms with Crippen LogP contribution >= 0.6 is 11.3 Å². The number of carbonyl (C=O) groups is 1. The Morgan fingerprint density at radius 2 is 2.39 bits per heavy atom. The molecule has 1 saturated carbocycles. The maximum atomic E-state index is 11.5. The fourth-order valence-corrected chi connectivity index (χ4v) is 2.74. The average Bonchev–Trinajstić information content (AvgIpc) is 3.12. The summed E-state index contributed by atoms with van der Waals surface area (Å²) < 4.78 is 5.63. The Bertz CT molecular complexity index is 592. The maximum absolute atomic E-state index is 11.5. The molecule has 0 radical (unpaired) electrons. The van der Waals surface area contributed by atoms with Crippen LogP contribution in [0.5, 0.6) is 0 Å². The third-order valence-electron chi connectivity index (χ3n) is 2.95. The molecule has 94 valence electrons. The zero-order chi connectivity index (χ0) is 12.5. The molecule has 18 heavy (non-hydrogen) atoms. The summed E-state index contributed by atoms with van der Waals surface area (Å²) in [6.07, 6.45) is 4.10. The van der Waals surface area contributed by atoms with E-state index in [0.717, 1.165) is 28.5 Å². The molecule has 0 aliphatic heterocycles. The summed E-state index contributed by atoms with van der Waals surface area (Å²) in [7, 11) is 1.38. The van der Waals surface area contributed by atoms with E-state index in [0.29, 0.717) is 4.88 Å². The van der Waals surface area contributed by atoms with Gasteiger partial charge in [-0.3, -0.25) is 0 Å². The van der Waals surface area contributed by atoms with Gasteiger partial charge in [0.1, 0.15) is 17.0 Å². The molecule has 3 rings (SSSR count). The number of esters is 1. The molecule has 0 amide bonds. The second-order valence-corrected chi connectivity index (χ2v) is 5.42. The van der Waals surface area contributed by atoms with E-state index in [1.165, 1.54) is 37.6 Å². The molecule has 1 N–H and O–H groups in total. The van der Waals surface area contributed by atoms with E-state index in [9.17, 15) is 4.79 Å². The van der Waals surface area contributed by atoms with Crippen LogP contribution in [0.25, 0.3) is 10.2 Å². The van der Waals surface area contributed by atoms with Crippen molar-refractivity contribution in [3.05, 3.63) is 17.3 Å². The first-order valence-corrected chi connectivity index (χ1v) is 6.66. The summed E-state index contributed by atoms with van der Waals surface area (Å²) in [6.45, 7) is 0.942. The Hall–Kier alpha value is -1.69. The second-order valence-electron chi connectivity index (χ2n) is 4.36. The van der Waals surface area contributed by atoms with Gasteiger partial charge in [-0.05, 0) is 24.8 Å². The van der Waals surface area contributed by atoms with Gasteiger partial charge in [0.15, 0.2) is 0 Å². The summed E-state index contributed by atoms with van der Waals surface area (Å²) in [6, 6.07) is 1.75. The lowest BCUT2D eigenvalue weighted by molar-refractivity contribution is 0.0606. The van der Waals surface area contributed by atoms with Crippen molar-refractivity contribution in [2.45, 2.75) is 12.8 Å². The highest BCUT2D eigenvalue weighted by molar-refractivity contribution is 7.21. The minimum atomic E-state index is -0.328. The fraction of sp³-hybridized carbons (Fsp3) is 0.417. The lowest BCUT2D eigenvalue weighted by atomic mass is 10.4. The molecule has 2 aromatic rings. The SMILES string of the molecule is COC(=O)c1cc2ncnc(NCC3CC3)c2s1. The van der Waals surface area contributed by atoms with Crippen molar-refractivity contribution in [3.8, 4) is 0 Å². The van der Waals surface area contributed by atoms with Crippen molar-refractivity contribution >= 4 is 33.3 Å². The molecule has 5 nitrogen and oxygen atoms in total. The zero-order valence-corrected chi connectivity index (χ0v) is 10.8. The smallest absolute Gasteiger partial charge is 0.348 e. The van der Waals surface area contributed by atoms with Gasteiger partial charge in [0.25, 0.3) is 0 Å². The highest BCUT2D eigenvalue weighted by atomic mass is 32.1. The molecule has 1 fully saturated rings. The van der Waals surface area contributed by atoms with Crippen LogP contribution < -0.4 is 5.32 Å².